The van der Waals surface area contributed by atoms with Crippen molar-refractivity contribution in [3.8, 4) is 0 Å². The van der Waals surface area contributed by atoms with Crippen molar-refractivity contribution in [2.24, 2.45) is 0 Å². The first-order valence-corrected chi connectivity index (χ1v) is 5.90. The minimum atomic E-state index is -0.516. The molecule has 0 radical (unpaired) electrons. The fraction of sp³-hybridized carbons (Fsp3) is 0.154. The van der Waals surface area contributed by atoms with Crippen LogP contribution in [0.2, 0.25) is 0 Å². The Morgan fingerprint density at radius 3 is 2.80 bits per heavy atom. The molecule has 0 saturated carbocycles. The Morgan fingerprint density at radius 1 is 1.35 bits per heavy atom. The van der Waals surface area contributed by atoms with Gasteiger partial charge in [0.15, 0.2) is 5.82 Å². The first-order valence-electron chi connectivity index (χ1n) is 5.90. The maximum atomic E-state index is 12.9. The fourth-order valence-electron chi connectivity index (χ4n) is 1.56. The SMILES string of the molecule is Cc1cc(NC(=O)CNC(=O)c2cccc(F)c2)n[nH]1. The highest BCUT2D eigenvalue weighted by Gasteiger charge is 2.09. The predicted octanol–water partition coefficient (Wildman–Crippen LogP) is 1.23. The first kappa shape index (κ1) is 13.7. The summed E-state index contributed by atoms with van der Waals surface area (Å²) in [5.74, 6) is -1.05. The molecule has 0 spiro atoms. The van der Waals surface area contributed by atoms with Crippen molar-refractivity contribution in [2.45, 2.75) is 6.92 Å². The number of H-pyrrole nitrogens is 1. The van der Waals surface area contributed by atoms with Gasteiger partial charge in [0.1, 0.15) is 5.82 Å². The van der Waals surface area contributed by atoms with Crippen LogP contribution in [0.25, 0.3) is 0 Å². The van der Waals surface area contributed by atoms with Crippen LogP contribution in [0.5, 0.6) is 0 Å². The number of aromatic nitrogens is 2. The molecule has 7 heteroatoms. The van der Waals surface area contributed by atoms with Crippen LogP contribution >= 0.6 is 0 Å². The highest BCUT2D eigenvalue weighted by Crippen LogP contribution is 2.04. The number of aromatic amines is 1. The maximum absolute atomic E-state index is 12.9. The van der Waals surface area contributed by atoms with Crippen LogP contribution in [0, 0.1) is 12.7 Å². The molecule has 0 unspecified atom stereocenters. The second-order valence-corrected chi connectivity index (χ2v) is 4.18. The van der Waals surface area contributed by atoms with Gasteiger partial charge in [-0.1, -0.05) is 6.07 Å². The van der Waals surface area contributed by atoms with Gasteiger partial charge < -0.3 is 10.6 Å². The number of anilines is 1. The summed E-state index contributed by atoms with van der Waals surface area (Å²) in [6.45, 7) is 1.58. The summed E-state index contributed by atoms with van der Waals surface area (Å²) in [5.41, 5.74) is 0.970. The maximum Gasteiger partial charge on any atom is 0.251 e. The molecule has 104 valence electrons. The molecule has 2 rings (SSSR count). The molecule has 2 amide bonds. The third-order valence-corrected chi connectivity index (χ3v) is 2.47. The number of nitrogens with zero attached hydrogens (tertiary/aromatic N) is 1. The van der Waals surface area contributed by atoms with E-state index in [1.54, 1.807) is 13.0 Å². The highest BCUT2D eigenvalue weighted by molar-refractivity contribution is 5.99. The van der Waals surface area contributed by atoms with Crippen molar-refractivity contribution in [2.75, 3.05) is 11.9 Å². The van der Waals surface area contributed by atoms with Crippen LogP contribution in [0.15, 0.2) is 30.3 Å². The van der Waals surface area contributed by atoms with Crippen molar-refractivity contribution in [1.82, 2.24) is 15.5 Å². The summed E-state index contributed by atoms with van der Waals surface area (Å²) in [7, 11) is 0. The lowest BCUT2D eigenvalue weighted by atomic mass is 10.2. The molecule has 1 aromatic carbocycles. The predicted molar refractivity (Wildman–Crippen MR) is 70.7 cm³/mol. The Labute approximate surface area is 114 Å². The molecule has 1 aromatic heterocycles. The van der Waals surface area contributed by atoms with Crippen molar-refractivity contribution in [3.63, 3.8) is 0 Å². The average Bonchev–Trinajstić information content (AvgIpc) is 2.81. The van der Waals surface area contributed by atoms with E-state index in [4.69, 9.17) is 0 Å². The van der Waals surface area contributed by atoms with E-state index in [-0.39, 0.29) is 12.1 Å². The van der Waals surface area contributed by atoms with Crippen molar-refractivity contribution >= 4 is 17.6 Å². The van der Waals surface area contributed by atoms with Gasteiger partial charge in [0.25, 0.3) is 5.91 Å². The van der Waals surface area contributed by atoms with E-state index in [1.165, 1.54) is 18.2 Å². The standard InChI is InChI=1S/C13H13FN4O2/c1-8-5-11(18-17-8)16-12(19)7-15-13(20)9-3-2-4-10(14)6-9/h2-6H,7H2,1H3,(H,15,20)(H2,16,17,18,19). The molecule has 2 aromatic rings. The molecule has 0 atom stereocenters. The van der Waals surface area contributed by atoms with Crippen LogP contribution in [-0.4, -0.2) is 28.6 Å². The summed E-state index contributed by atoms with van der Waals surface area (Å²) in [4.78, 5) is 23.2. The van der Waals surface area contributed by atoms with Gasteiger partial charge in [-0.2, -0.15) is 5.10 Å². The third kappa shape index (κ3) is 3.64. The van der Waals surface area contributed by atoms with Gasteiger partial charge >= 0.3 is 0 Å². The van der Waals surface area contributed by atoms with Crippen LogP contribution in [-0.2, 0) is 4.79 Å². The lowest BCUT2D eigenvalue weighted by Gasteiger charge is -2.05. The van der Waals surface area contributed by atoms with Gasteiger partial charge in [-0.25, -0.2) is 4.39 Å². The van der Waals surface area contributed by atoms with Crippen LogP contribution in [0.4, 0.5) is 10.2 Å². The number of rotatable bonds is 4. The van der Waals surface area contributed by atoms with Crippen LogP contribution in [0.3, 0.4) is 0 Å². The van der Waals surface area contributed by atoms with Gasteiger partial charge in [-0.3, -0.25) is 14.7 Å². The zero-order valence-corrected chi connectivity index (χ0v) is 10.7. The molecule has 0 aliphatic rings. The lowest BCUT2D eigenvalue weighted by Crippen LogP contribution is -2.32. The largest absolute Gasteiger partial charge is 0.343 e. The van der Waals surface area contributed by atoms with E-state index < -0.39 is 17.6 Å². The molecule has 0 aliphatic heterocycles. The molecular formula is C13H13FN4O2. The Bertz CT molecular complexity index is 639. The number of benzene rings is 1. The topological polar surface area (TPSA) is 86.9 Å². The smallest absolute Gasteiger partial charge is 0.251 e. The highest BCUT2D eigenvalue weighted by atomic mass is 19.1. The quantitative estimate of drug-likeness (QED) is 0.784. The zero-order chi connectivity index (χ0) is 14.5. The van der Waals surface area contributed by atoms with Gasteiger partial charge in [-0.05, 0) is 25.1 Å². The first-order chi connectivity index (χ1) is 9.54. The number of carbonyl (C=O) groups excluding carboxylic acids is 2. The summed E-state index contributed by atoms with van der Waals surface area (Å²) < 4.78 is 12.9. The molecule has 0 saturated heterocycles. The van der Waals surface area contributed by atoms with Crippen molar-refractivity contribution < 1.29 is 14.0 Å². The van der Waals surface area contributed by atoms with E-state index in [9.17, 15) is 14.0 Å². The number of aryl methyl sites for hydroxylation is 1. The number of hydrogen-bond acceptors (Lipinski definition) is 3. The second-order valence-electron chi connectivity index (χ2n) is 4.18. The summed E-state index contributed by atoms with van der Waals surface area (Å²) >= 11 is 0. The average molecular weight is 276 g/mol. The molecule has 20 heavy (non-hydrogen) atoms. The number of amides is 2. The molecular weight excluding hydrogens is 263 g/mol. The van der Waals surface area contributed by atoms with Crippen molar-refractivity contribution in [1.29, 1.82) is 0 Å². The molecule has 6 nitrogen and oxygen atoms in total. The van der Waals surface area contributed by atoms with E-state index in [1.807, 2.05) is 0 Å². The number of nitrogens with one attached hydrogen (secondary N) is 3. The third-order valence-electron chi connectivity index (χ3n) is 2.47. The van der Waals surface area contributed by atoms with Crippen molar-refractivity contribution in [3.05, 3.63) is 47.4 Å². The van der Waals surface area contributed by atoms with E-state index in [0.29, 0.717) is 5.82 Å². The Balaban J connectivity index is 1.85. The zero-order valence-electron chi connectivity index (χ0n) is 10.7. The molecule has 0 fully saturated rings. The Kier molecular flexibility index (Phi) is 4.09. The van der Waals surface area contributed by atoms with Gasteiger partial charge in [0, 0.05) is 17.3 Å². The fourth-order valence-corrected chi connectivity index (χ4v) is 1.56. The minimum Gasteiger partial charge on any atom is -0.343 e. The number of halogens is 1. The summed E-state index contributed by atoms with van der Waals surface area (Å²) in [6.07, 6.45) is 0. The monoisotopic (exact) mass is 276 g/mol. The van der Waals surface area contributed by atoms with Crippen LogP contribution < -0.4 is 10.6 Å². The lowest BCUT2D eigenvalue weighted by molar-refractivity contribution is -0.115. The summed E-state index contributed by atoms with van der Waals surface area (Å²) in [6, 6.07) is 6.89. The van der Waals surface area contributed by atoms with E-state index >= 15 is 0 Å². The second kappa shape index (κ2) is 5.96. The summed E-state index contributed by atoms with van der Waals surface area (Å²) in [5, 5.41) is 11.4. The van der Waals surface area contributed by atoms with E-state index in [0.717, 1.165) is 11.8 Å². The Hall–Kier alpha value is -2.70. The van der Waals surface area contributed by atoms with Gasteiger partial charge in [-0.15, -0.1) is 0 Å². The number of hydrogen-bond donors (Lipinski definition) is 3. The van der Waals surface area contributed by atoms with E-state index in [2.05, 4.69) is 20.8 Å². The van der Waals surface area contributed by atoms with Gasteiger partial charge in [0.05, 0.1) is 6.54 Å². The normalized spacial score (nSPS) is 10.1. The molecule has 0 bridgehead atoms. The van der Waals surface area contributed by atoms with Gasteiger partial charge in [0.2, 0.25) is 5.91 Å². The number of carbonyl (C=O) groups is 2. The Morgan fingerprint density at radius 2 is 2.15 bits per heavy atom. The molecule has 3 N–H and O–H groups in total. The molecule has 1 heterocycles. The van der Waals surface area contributed by atoms with Crippen LogP contribution in [0.1, 0.15) is 16.1 Å². The molecule has 0 aliphatic carbocycles. The minimum absolute atomic E-state index is 0.161.